The molecule has 2 atom stereocenters. The van der Waals surface area contributed by atoms with Gasteiger partial charge < -0.3 is 15.0 Å². The van der Waals surface area contributed by atoms with Crippen molar-refractivity contribution in [3.63, 3.8) is 0 Å². The largest absolute Gasteiger partial charge is 0.423 e. The van der Waals surface area contributed by atoms with Crippen molar-refractivity contribution in [2.45, 2.75) is 44.6 Å². The number of halogens is 4. The van der Waals surface area contributed by atoms with Crippen LogP contribution in [0.2, 0.25) is 5.02 Å². The first-order valence-corrected chi connectivity index (χ1v) is 8.66. The lowest BCUT2D eigenvalue weighted by Crippen LogP contribution is -2.54. The molecule has 1 aliphatic carbocycles. The Balaban J connectivity index is 2.17. The summed E-state index contributed by atoms with van der Waals surface area (Å²) in [6, 6.07) is 3.50. The van der Waals surface area contributed by atoms with Crippen LogP contribution < -0.4 is 5.32 Å². The number of anilines is 1. The summed E-state index contributed by atoms with van der Waals surface area (Å²) >= 11 is 5.98. The summed E-state index contributed by atoms with van der Waals surface area (Å²) in [6.45, 7) is 2.82. The van der Waals surface area contributed by atoms with Gasteiger partial charge in [-0.1, -0.05) is 11.6 Å². The molecule has 4 nitrogen and oxygen atoms in total. The fraction of sp³-hybridized carbons (Fsp3) is 0.588. The van der Waals surface area contributed by atoms with E-state index in [0.717, 1.165) is 17.7 Å². The van der Waals surface area contributed by atoms with Crippen molar-refractivity contribution in [1.29, 1.82) is 0 Å². The summed E-state index contributed by atoms with van der Waals surface area (Å²) in [5.41, 5.74) is -2.69. The molecule has 1 N–H and O–H groups in total. The number of hydrogen-bond donors (Lipinski definition) is 1. The van der Waals surface area contributed by atoms with Gasteiger partial charge in [-0.25, -0.2) is 4.79 Å². The minimum atomic E-state index is -4.71. The zero-order valence-corrected chi connectivity index (χ0v) is 14.7. The summed E-state index contributed by atoms with van der Waals surface area (Å²) in [4.78, 5) is 13.4. The molecule has 8 heteroatoms. The third-order valence-corrected chi connectivity index (χ3v) is 5.11. The molecule has 0 radical (unpaired) electrons. The standard InChI is InChI=1S/C17H20ClF3N2O2/c1-3-23-9-16(17(19,20)21,25-10(2)11-4-5-11)13-8-12(18)6-7-14(13)22-15(23)24/h6-8,10-11H,3-5,9H2,1-2H3,(H,22,24). The van der Waals surface area contributed by atoms with Gasteiger partial charge in [0.05, 0.1) is 12.6 Å². The van der Waals surface area contributed by atoms with Crippen molar-refractivity contribution in [2.24, 2.45) is 5.92 Å². The number of nitrogens with zero attached hydrogens (tertiary/aromatic N) is 1. The van der Waals surface area contributed by atoms with Gasteiger partial charge in [0, 0.05) is 22.8 Å². The smallest absolute Gasteiger partial charge is 0.356 e. The third kappa shape index (κ3) is 3.31. The average molecular weight is 377 g/mol. The average Bonchev–Trinajstić information content (AvgIpc) is 3.36. The van der Waals surface area contributed by atoms with Crippen molar-refractivity contribution in [2.75, 3.05) is 18.4 Å². The van der Waals surface area contributed by atoms with E-state index >= 15 is 0 Å². The Labute approximate surface area is 149 Å². The highest BCUT2D eigenvalue weighted by Gasteiger charge is 2.61. The zero-order chi connectivity index (χ0) is 18.4. The molecule has 0 spiro atoms. The highest BCUT2D eigenvalue weighted by atomic mass is 35.5. The van der Waals surface area contributed by atoms with Crippen LogP contribution in [0.3, 0.4) is 0 Å². The van der Waals surface area contributed by atoms with E-state index in [-0.39, 0.29) is 28.7 Å². The van der Waals surface area contributed by atoms with E-state index in [1.54, 1.807) is 13.8 Å². The molecule has 0 saturated heterocycles. The second kappa shape index (κ2) is 6.36. The maximum atomic E-state index is 14.3. The molecule has 2 aliphatic rings. The summed E-state index contributed by atoms with van der Waals surface area (Å²) in [7, 11) is 0. The monoisotopic (exact) mass is 376 g/mol. The van der Waals surface area contributed by atoms with Crippen LogP contribution >= 0.6 is 11.6 Å². The molecule has 1 aromatic rings. The Bertz CT molecular complexity index is 678. The first-order chi connectivity index (χ1) is 11.7. The Morgan fingerprint density at radius 1 is 1.44 bits per heavy atom. The second-order valence-electron chi connectivity index (χ2n) is 6.62. The number of benzene rings is 1. The van der Waals surface area contributed by atoms with E-state index < -0.39 is 30.5 Å². The Morgan fingerprint density at radius 3 is 2.68 bits per heavy atom. The highest BCUT2D eigenvalue weighted by Crippen LogP contribution is 2.50. The molecular weight excluding hydrogens is 357 g/mol. The lowest BCUT2D eigenvalue weighted by atomic mass is 9.90. The van der Waals surface area contributed by atoms with Gasteiger partial charge in [0.15, 0.2) is 0 Å². The highest BCUT2D eigenvalue weighted by molar-refractivity contribution is 6.30. The molecule has 1 fully saturated rings. The number of fused-ring (bicyclic) bond motifs is 1. The van der Waals surface area contributed by atoms with Gasteiger partial charge in [0.1, 0.15) is 0 Å². The minimum Gasteiger partial charge on any atom is -0.356 e. The topological polar surface area (TPSA) is 41.6 Å². The number of ether oxygens (including phenoxy) is 1. The Kier molecular flexibility index (Phi) is 4.66. The van der Waals surface area contributed by atoms with E-state index in [4.69, 9.17) is 16.3 Å². The van der Waals surface area contributed by atoms with Gasteiger partial charge >= 0.3 is 12.2 Å². The SMILES string of the molecule is CCN1CC(OC(C)C2CC2)(C(F)(F)F)c2cc(Cl)ccc2NC1=O. The van der Waals surface area contributed by atoms with Crippen molar-refractivity contribution >= 4 is 23.3 Å². The van der Waals surface area contributed by atoms with Crippen LogP contribution in [0, 0.1) is 5.92 Å². The normalized spacial score (nSPS) is 25.2. The molecule has 2 amide bonds. The minimum absolute atomic E-state index is 0.0747. The first-order valence-electron chi connectivity index (χ1n) is 8.28. The van der Waals surface area contributed by atoms with E-state index in [2.05, 4.69) is 5.32 Å². The van der Waals surface area contributed by atoms with E-state index in [9.17, 15) is 18.0 Å². The number of carbonyl (C=O) groups is 1. The van der Waals surface area contributed by atoms with Crippen LogP contribution in [0.4, 0.5) is 23.7 Å². The van der Waals surface area contributed by atoms with Crippen LogP contribution in [0.1, 0.15) is 32.3 Å². The van der Waals surface area contributed by atoms with Crippen LogP contribution in [-0.2, 0) is 10.3 Å². The number of likely N-dealkylation sites (N-methyl/N-ethyl adjacent to an activating group) is 1. The Morgan fingerprint density at radius 2 is 2.12 bits per heavy atom. The number of carbonyl (C=O) groups excluding carboxylic acids is 1. The third-order valence-electron chi connectivity index (χ3n) is 4.87. The van der Waals surface area contributed by atoms with Crippen LogP contribution in [0.5, 0.6) is 0 Å². The summed E-state index contributed by atoms with van der Waals surface area (Å²) in [6.07, 6.45) is -3.58. The molecule has 3 rings (SSSR count). The van der Waals surface area contributed by atoms with E-state index in [1.807, 2.05) is 0 Å². The fourth-order valence-electron chi connectivity index (χ4n) is 3.22. The molecule has 2 unspecified atom stereocenters. The Hall–Kier alpha value is -1.47. The number of nitrogens with one attached hydrogen (secondary N) is 1. The number of hydrogen-bond acceptors (Lipinski definition) is 2. The van der Waals surface area contributed by atoms with Gasteiger partial charge in [-0.3, -0.25) is 0 Å². The summed E-state index contributed by atoms with van der Waals surface area (Å²) in [5, 5.41) is 2.71. The second-order valence-corrected chi connectivity index (χ2v) is 7.06. The maximum absolute atomic E-state index is 14.3. The molecule has 1 heterocycles. The van der Waals surface area contributed by atoms with E-state index in [1.165, 1.54) is 18.2 Å². The van der Waals surface area contributed by atoms with E-state index in [0.29, 0.717) is 0 Å². The first kappa shape index (κ1) is 18.3. The fourth-order valence-corrected chi connectivity index (χ4v) is 3.40. The maximum Gasteiger partial charge on any atom is 0.423 e. The molecule has 1 saturated carbocycles. The van der Waals surface area contributed by atoms with Gasteiger partial charge in [0.2, 0.25) is 5.60 Å². The van der Waals surface area contributed by atoms with Gasteiger partial charge in [-0.15, -0.1) is 0 Å². The van der Waals surface area contributed by atoms with Gasteiger partial charge in [-0.2, -0.15) is 13.2 Å². The van der Waals surface area contributed by atoms with Crippen molar-refractivity contribution < 1.29 is 22.7 Å². The van der Waals surface area contributed by atoms with Crippen molar-refractivity contribution in [3.05, 3.63) is 28.8 Å². The van der Waals surface area contributed by atoms with Gasteiger partial charge in [-0.05, 0) is 50.8 Å². The predicted octanol–water partition coefficient (Wildman–Crippen LogP) is 4.78. The van der Waals surface area contributed by atoms with Crippen LogP contribution in [-0.4, -0.2) is 36.3 Å². The van der Waals surface area contributed by atoms with Crippen LogP contribution in [0.25, 0.3) is 0 Å². The van der Waals surface area contributed by atoms with Crippen LogP contribution in [0.15, 0.2) is 18.2 Å². The molecule has 1 aliphatic heterocycles. The molecule has 25 heavy (non-hydrogen) atoms. The number of urea groups is 1. The molecular formula is C17H20ClF3N2O2. The zero-order valence-electron chi connectivity index (χ0n) is 14.0. The molecule has 0 bridgehead atoms. The number of rotatable bonds is 4. The lowest BCUT2D eigenvalue weighted by Gasteiger charge is -2.40. The van der Waals surface area contributed by atoms with Crippen molar-refractivity contribution in [1.82, 2.24) is 4.90 Å². The summed E-state index contributed by atoms with van der Waals surface area (Å²) in [5.74, 6) is 0.115. The molecule has 1 aromatic carbocycles. The molecule has 0 aromatic heterocycles. The summed E-state index contributed by atoms with van der Waals surface area (Å²) < 4.78 is 48.7. The number of alkyl halides is 3. The number of amides is 2. The van der Waals surface area contributed by atoms with Gasteiger partial charge in [0.25, 0.3) is 0 Å². The van der Waals surface area contributed by atoms with Crippen molar-refractivity contribution in [3.8, 4) is 0 Å². The molecule has 138 valence electrons. The quantitative estimate of drug-likeness (QED) is 0.821. The predicted molar refractivity (Wildman–Crippen MR) is 88.7 cm³/mol. The lowest BCUT2D eigenvalue weighted by molar-refractivity contribution is -0.300.